The molecule has 0 aliphatic heterocycles. The highest BCUT2D eigenvalue weighted by atomic mass is 32.1. The topological polar surface area (TPSA) is 9.86 Å². The zero-order valence-electron chi connectivity index (χ0n) is 27.5. The van der Waals surface area contributed by atoms with Crippen molar-refractivity contribution in [2.24, 2.45) is 0 Å². The summed E-state index contributed by atoms with van der Waals surface area (Å²) in [6, 6.07) is 62.8. The van der Waals surface area contributed by atoms with Gasteiger partial charge in [-0.05, 0) is 75.5 Å². The number of rotatable bonds is 2. The molecule has 0 saturated heterocycles. The van der Waals surface area contributed by atoms with Gasteiger partial charge in [-0.3, -0.25) is 0 Å². The van der Waals surface area contributed by atoms with E-state index in [0.717, 1.165) is 11.4 Å². The number of thiophene rings is 1. The highest BCUT2D eigenvalue weighted by molar-refractivity contribution is 7.26. The van der Waals surface area contributed by atoms with Crippen LogP contribution in [0.5, 0.6) is 0 Å². The minimum atomic E-state index is 1.16. The van der Waals surface area contributed by atoms with E-state index in [1.54, 1.807) is 0 Å². The second-order valence-electron chi connectivity index (χ2n) is 13.6. The number of benzene rings is 9. The second-order valence-corrected chi connectivity index (χ2v) is 14.7. The summed E-state index contributed by atoms with van der Waals surface area (Å²) in [7, 11) is 0. The maximum Gasteiger partial charge on any atom is 0.0625 e. The molecule has 0 atom stereocenters. The lowest BCUT2D eigenvalue weighted by Crippen LogP contribution is -1.98. The van der Waals surface area contributed by atoms with Crippen molar-refractivity contribution in [1.82, 2.24) is 9.13 Å². The Bertz CT molecular complexity index is 3410. The van der Waals surface area contributed by atoms with Gasteiger partial charge >= 0.3 is 0 Å². The van der Waals surface area contributed by atoms with E-state index in [2.05, 4.69) is 179 Å². The first-order chi connectivity index (χ1) is 25.3. The van der Waals surface area contributed by atoms with E-state index in [1.807, 2.05) is 11.3 Å². The quantitative estimate of drug-likeness (QED) is 0.163. The smallest absolute Gasteiger partial charge is 0.0625 e. The van der Waals surface area contributed by atoms with Gasteiger partial charge in [0.15, 0.2) is 0 Å². The van der Waals surface area contributed by atoms with E-state index in [9.17, 15) is 0 Å². The SMILES string of the molecule is c1ccc2c(c1)ccc1c2c2ccccc2c2c1c1ccccc1n2-c1ccc(-n2c3ccccc3c3c4sc5ccccc5c4ccc32)cc1. The van der Waals surface area contributed by atoms with Gasteiger partial charge in [-0.1, -0.05) is 121 Å². The molecule has 12 rings (SSSR count). The minimum absolute atomic E-state index is 1.16. The molecule has 3 heteroatoms. The molecule has 0 spiro atoms. The van der Waals surface area contributed by atoms with Gasteiger partial charge in [-0.25, -0.2) is 0 Å². The van der Waals surface area contributed by atoms with Crippen molar-refractivity contribution in [2.45, 2.75) is 0 Å². The average Bonchev–Trinajstić information content (AvgIpc) is 3.86. The van der Waals surface area contributed by atoms with Crippen LogP contribution in [0.1, 0.15) is 0 Å². The summed E-state index contributed by atoms with van der Waals surface area (Å²) in [5.74, 6) is 0. The Morgan fingerprint density at radius 3 is 1.67 bits per heavy atom. The van der Waals surface area contributed by atoms with Crippen LogP contribution in [0, 0.1) is 0 Å². The third-order valence-corrected chi connectivity index (χ3v) is 12.3. The van der Waals surface area contributed by atoms with Crippen LogP contribution in [0.3, 0.4) is 0 Å². The van der Waals surface area contributed by atoms with Gasteiger partial charge in [0, 0.05) is 58.5 Å². The first kappa shape index (κ1) is 27.4. The molecule has 236 valence electrons. The summed E-state index contributed by atoms with van der Waals surface area (Å²) in [4.78, 5) is 0. The third kappa shape index (κ3) is 3.60. The van der Waals surface area contributed by atoms with Gasteiger partial charge < -0.3 is 9.13 Å². The van der Waals surface area contributed by atoms with Crippen LogP contribution in [-0.2, 0) is 0 Å². The fourth-order valence-electron chi connectivity index (χ4n) is 8.98. The van der Waals surface area contributed by atoms with E-state index < -0.39 is 0 Å². The molecule has 0 aliphatic carbocycles. The standard InChI is InChI=1S/C48H28N2S/c1-2-12-32-29(11-1)21-26-39-44(32)34-14-3-4-15-35(34)47-45(39)37-16-5-9-19-41(37)50(47)31-24-22-30(23-25-31)49-40-18-8-6-17-38(40)46-42(49)28-27-36-33-13-7-10-20-43(33)51-48(36)46/h1-28H. The summed E-state index contributed by atoms with van der Waals surface area (Å²) in [5.41, 5.74) is 7.26. The van der Waals surface area contributed by atoms with E-state index in [0.29, 0.717) is 0 Å². The van der Waals surface area contributed by atoms with Gasteiger partial charge in [0.1, 0.15) is 0 Å². The van der Waals surface area contributed by atoms with Gasteiger partial charge in [-0.2, -0.15) is 0 Å². The maximum absolute atomic E-state index is 2.48. The fraction of sp³-hybridized carbons (Fsp3) is 0. The Morgan fingerprint density at radius 2 is 0.882 bits per heavy atom. The Hall–Kier alpha value is -6.42. The molecule has 3 heterocycles. The van der Waals surface area contributed by atoms with Crippen molar-refractivity contribution in [1.29, 1.82) is 0 Å². The Balaban J connectivity index is 1.14. The van der Waals surface area contributed by atoms with Crippen LogP contribution >= 0.6 is 11.3 Å². The number of nitrogens with zero attached hydrogens (tertiary/aromatic N) is 2. The molecule has 0 saturated carbocycles. The largest absolute Gasteiger partial charge is 0.309 e. The predicted molar refractivity (Wildman–Crippen MR) is 221 cm³/mol. The molecule has 0 radical (unpaired) electrons. The summed E-state index contributed by atoms with van der Waals surface area (Å²) < 4.78 is 7.62. The Morgan fingerprint density at radius 1 is 0.314 bits per heavy atom. The molecule has 51 heavy (non-hydrogen) atoms. The first-order valence-electron chi connectivity index (χ1n) is 17.5. The summed E-state index contributed by atoms with van der Waals surface area (Å²) in [6.45, 7) is 0. The normalized spacial score (nSPS) is 12.3. The van der Waals surface area contributed by atoms with Crippen molar-refractivity contribution >= 4 is 107 Å². The van der Waals surface area contributed by atoms with Gasteiger partial charge in [0.25, 0.3) is 0 Å². The van der Waals surface area contributed by atoms with Crippen LogP contribution in [-0.4, -0.2) is 9.13 Å². The molecule has 0 fully saturated rings. The highest BCUT2D eigenvalue weighted by Crippen LogP contribution is 2.46. The zero-order valence-corrected chi connectivity index (χ0v) is 28.3. The maximum atomic E-state index is 2.48. The fourth-order valence-corrected chi connectivity index (χ4v) is 10.2. The van der Waals surface area contributed by atoms with Crippen LogP contribution in [0.2, 0.25) is 0 Å². The number of hydrogen-bond acceptors (Lipinski definition) is 1. The molecule has 0 bridgehead atoms. The summed E-state index contributed by atoms with van der Waals surface area (Å²) >= 11 is 1.90. The summed E-state index contributed by atoms with van der Waals surface area (Å²) in [5, 5.41) is 15.6. The highest BCUT2D eigenvalue weighted by Gasteiger charge is 2.21. The van der Waals surface area contributed by atoms with E-state index in [1.165, 1.54) is 96.1 Å². The lowest BCUT2D eigenvalue weighted by atomic mass is 9.93. The summed E-state index contributed by atoms with van der Waals surface area (Å²) in [6.07, 6.45) is 0. The molecular weight excluding hydrogens is 637 g/mol. The molecule has 0 unspecified atom stereocenters. The Labute approximate surface area is 296 Å². The molecule has 9 aromatic carbocycles. The van der Waals surface area contributed by atoms with Crippen molar-refractivity contribution in [2.75, 3.05) is 0 Å². The second kappa shape index (κ2) is 10.1. The lowest BCUT2D eigenvalue weighted by Gasteiger charge is -2.14. The van der Waals surface area contributed by atoms with Gasteiger partial charge in [-0.15, -0.1) is 11.3 Å². The van der Waals surface area contributed by atoms with Gasteiger partial charge in [0.2, 0.25) is 0 Å². The molecule has 0 N–H and O–H groups in total. The van der Waals surface area contributed by atoms with Crippen LogP contribution in [0.4, 0.5) is 0 Å². The molecular formula is C48H28N2S. The van der Waals surface area contributed by atoms with Crippen molar-refractivity contribution in [3.63, 3.8) is 0 Å². The van der Waals surface area contributed by atoms with Gasteiger partial charge in [0.05, 0.1) is 22.1 Å². The molecule has 2 nitrogen and oxygen atoms in total. The van der Waals surface area contributed by atoms with Crippen molar-refractivity contribution < 1.29 is 0 Å². The zero-order chi connectivity index (χ0) is 33.2. The van der Waals surface area contributed by atoms with E-state index >= 15 is 0 Å². The molecule has 0 aliphatic rings. The third-order valence-electron chi connectivity index (χ3n) is 11.1. The van der Waals surface area contributed by atoms with Crippen LogP contribution in [0.25, 0.3) is 107 Å². The molecule has 12 aromatic rings. The molecule has 3 aromatic heterocycles. The minimum Gasteiger partial charge on any atom is -0.309 e. The number of para-hydroxylation sites is 2. The number of aromatic nitrogens is 2. The van der Waals surface area contributed by atoms with E-state index in [4.69, 9.17) is 0 Å². The first-order valence-corrected chi connectivity index (χ1v) is 18.3. The number of fused-ring (bicyclic) bond motifs is 17. The monoisotopic (exact) mass is 664 g/mol. The number of hydrogen-bond donors (Lipinski definition) is 0. The van der Waals surface area contributed by atoms with E-state index in [-0.39, 0.29) is 0 Å². The molecule has 0 amide bonds. The predicted octanol–water partition coefficient (Wildman–Crippen LogP) is 13.7. The van der Waals surface area contributed by atoms with Crippen LogP contribution in [0.15, 0.2) is 170 Å². The average molecular weight is 665 g/mol. The van der Waals surface area contributed by atoms with Crippen LogP contribution < -0.4 is 0 Å². The Kier molecular flexibility index (Phi) is 5.41. The van der Waals surface area contributed by atoms with Crippen molar-refractivity contribution in [3.05, 3.63) is 170 Å². The lowest BCUT2D eigenvalue weighted by molar-refractivity contribution is 1.15. The van der Waals surface area contributed by atoms with Crippen molar-refractivity contribution in [3.8, 4) is 11.4 Å².